The molecule has 214 valence electrons. The van der Waals surface area contributed by atoms with E-state index in [2.05, 4.69) is 30.2 Å². The van der Waals surface area contributed by atoms with Crippen molar-refractivity contribution in [3.63, 3.8) is 0 Å². The van der Waals surface area contributed by atoms with Crippen LogP contribution in [0.5, 0.6) is 0 Å². The summed E-state index contributed by atoms with van der Waals surface area (Å²) in [4.78, 5) is 29.2. The molecule has 7 heteroatoms. The molecule has 1 saturated heterocycles. The Morgan fingerprint density at radius 3 is 2.11 bits per heavy atom. The molecule has 1 atom stereocenters. The minimum absolute atomic E-state index is 0.00662. The number of allylic oxidation sites excluding steroid dienone is 4. The van der Waals surface area contributed by atoms with E-state index in [-0.39, 0.29) is 17.7 Å². The van der Waals surface area contributed by atoms with Gasteiger partial charge in [-0.05, 0) is 78.1 Å². The number of likely N-dealkylation sites (tertiary alicyclic amines) is 1. The van der Waals surface area contributed by atoms with E-state index >= 15 is 0 Å². The Kier molecular flexibility index (Phi) is 24.3. The molecule has 0 aliphatic carbocycles. The van der Waals surface area contributed by atoms with Crippen LogP contribution in [0.4, 0.5) is 0 Å². The highest BCUT2D eigenvalue weighted by atomic mass is 16.2. The van der Waals surface area contributed by atoms with Crippen molar-refractivity contribution in [1.82, 2.24) is 10.2 Å². The third kappa shape index (κ3) is 17.8. The molecule has 1 aliphatic heterocycles. The van der Waals surface area contributed by atoms with E-state index in [4.69, 9.17) is 11.5 Å². The number of nitrogens with one attached hydrogen (secondary N) is 1. The minimum atomic E-state index is -0.307. The van der Waals surface area contributed by atoms with Gasteiger partial charge in [-0.1, -0.05) is 70.2 Å². The van der Waals surface area contributed by atoms with E-state index in [1.165, 1.54) is 0 Å². The molecule has 2 amide bonds. The van der Waals surface area contributed by atoms with Crippen molar-refractivity contribution in [2.45, 2.75) is 75.2 Å². The van der Waals surface area contributed by atoms with E-state index < -0.39 is 0 Å². The van der Waals surface area contributed by atoms with Crippen molar-refractivity contribution in [3.8, 4) is 0 Å². The van der Waals surface area contributed by atoms with Crippen molar-refractivity contribution >= 4 is 18.5 Å². The maximum Gasteiger partial charge on any atom is 0.254 e. The number of aryl methyl sites for hydroxylation is 2. The van der Waals surface area contributed by atoms with Crippen LogP contribution in [0.2, 0.25) is 0 Å². The first kappa shape index (κ1) is 38.9. The number of amides is 2. The number of hydrogen-bond donors (Lipinski definition) is 3. The number of primary amides is 1. The van der Waals surface area contributed by atoms with E-state index in [1.54, 1.807) is 23.3 Å². The summed E-state index contributed by atoms with van der Waals surface area (Å²) >= 11 is 0. The smallest absolute Gasteiger partial charge is 0.254 e. The average Bonchev–Trinajstić information content (AvgIpc) is 2.92. The van der Waals surface area contributed by atoms with Gasteiger partial charge < -0.3 is 21.7 Å². The lowest BCUT2D eigenvalue weighted by atomic mass is 9.96. The first-order valence-electron chi connectivity index (χ1n) is 13.2. The maximum absolute atomic E-state index is 12.5. The summed E-state index contributed by atoms with van der Waals surface area (Å²) in [6.45, 7) is 29.4. The van der Waals surface area contributed by atoms with Crippen molar-refractivity contribution in [1.29, 1.82) is 0 Å². The van der Waals surface area contributed by atoms with Gasteiger partial charge in [-0.2, -0.15) is 0 Å². The Morgan fingerprint density at radius 1 is 1.13 bits per heavy atom. The Hall–Kier alpha value is -3.61. The number of benzene rings is 1. The van der Waals surface area contributed by atoms with Gasteiger partial charge in [-0.3, -0.25) is 9.59 Å². The highest BCUT2D eigenvalue weighted by Crippen LogP contribution is 2.20. The van der Waals surface area contributed by atoms with Crippen LogP contribution in [-0.2, 0) is 4.79 Å². The first-order chi connectivity index (χ1) is 18.0. The van der Waals surface area contributed by atoms with Gasteiger partial charge in [0.1, 0.15) is 5.82 Å². The quantitative estimate of drug-likeness (QED) is 0.293. The number of carbonyl (C=O) groups excluding carboxylic acids is 2. The summed E-state index contributed by atoms with van der Waals surface area (Å²) in [5, 5.41) is 2.90. The first-order valence-corrected chi connectivity index (χ1v) is 13.2. The lowest BCUT2D eigenvalue weighted by Crippen LogP contribution is -2.44. The van der Waals surface area contributed by atoms with Gasteiger partial charge in [0.15, 0.2) is 0 Å². The molecule has 1 aromatic rings. The monoisotopic (exact) mass is 527 g/mol. The van der Waals surface area contributed by atoms with Crippen LogP contribution in [0.25, 0.3) is 0 Å². The van der Waals surface area contributed by atoms with Crippen LogP contribution >= 0.6 is 0 Å². The predicted octanol–water partition coefficient (Wildman–Crippen LogP) is 6.40. The largest absolute Gasteiger partial charge is 0.405 e. The van der Waals surface area contributed by atoms with E-state index in [0.717, 1.165) is 40.8 Å². The zero-order valence-corrected chi connectivity index (χ0v) is 25.4. The molecule has 1 aliphatic rings. The molecule has 1 unspecified atom stereocenters. The SMILES string of the molecule is C=C/C=C(\N=C)NC(=C)C.CC.CC.CC(C)=CN.Cc1ccc(C)c(C(=O)N2CCCC(C(N)=O)C2)c1. The number of carbonyl (C=O) groups is 2. The van der Waals surface area contributed by atoms with Crippen molar-refractivity contribution in [2.75, 3.05) is 13.1 Å². The highest BCUT2D eigenvalue weighted by Gasteiger charge is 2.28. The molecule has 1 aromatic carbocycles. The van der Waals surface area contributed by atoms with Crippen LogP contribution in [0.3, 0.4) is 0 Å². The number of nitrogens with zero attached hydrogens (tertiary/aromatic N) is 2. The van der Waals surface area contributed by atoms with Crippen LogP contribution in [0.1, 0.15) is 82.8 Å². The van der Waals surface area contributed by atoms with E-state index in [9.17, 15) is 9.59 Å². The fourth-order valence-electron chi connectivity index (χ4n) is 2.99. The summed E-state index contributed by atoms with van der Waals surface area (Å²) in [6.07, 6.45) is 6.57. The second kappa shape index (κ2) is 23.8. The second-order valence-corrected chi connectivity index (χ2v) is 8.41. The van der Waals surface area contributed by atoms with Crippen LogP contribution in [-0.4, -0.2) is 36.5 Å². The van der Waals surface area contributed by atoms with E-state index in [0.29, 0.717) is 18.9 Å². The molecule has 1 fully saturated rings. The normalized spacial score (nSPS) is 13.6. The van der Waals surface area contributed by atoms with Gasteiger partial charge in [-0.15, -0.1) is 0 Å². The third-order valence-corrected chi connectivity index (χ3v) is 4.86. The molecular weight excluding hydrogens is 474 g/mol. The fourth-order valence-corrected chi connectivity index (χ4v) is 2.99. The minimum Gasteiger partial charge on any atom is -0.405 e. The molecule has 38 heavy (non-hydrogen) atoms. The fraction of sp³-hybridized carbons (Fsp3) is 0.452. The number of aliphatic imine (C=N–C) groups is 1. The van der Waals surface area contributed by atoms with Gasteiger partial charge in [-0.25, -0.2) is 4.99 Å². The molecule has 0 spiro atoms. The van der Waals surface area contributed by atoms with Crippen molar-refractivity contribution < 1.29 is 9.59 Å². The summed E-state index contributed by atoms with van der Waals surface area (Å²) in [5.41, 5.74) is 15.1. The number of nitrogens with two attached hydrogens (primary N) is 2. The Morgan fingerprint density at radius 2 is 1.68 bits per heavy atom. The van der Waals surface area contributed by atoms with Gasteiger partial charge in [0, 0.05) is 24.4 Å². The van der Waals surface area contributed by atoms with Crippen molar-refractivity contribution in [3.05, 3.63) is 83.5 Å². The molecule has 0 saturated carbocycles. The molecule has 5 N–H and O–H groups in total. The molecule has 0 bridgehead atoms. The number of rotatable bonds is 6. The van der Waals surface area contributed by atoms with Gasteiger partial charge in [0.05, 0.1) is 5.92 Å². The lowest BCUT2D eigenvalue weighted by Gasteiger charge is -2.31. The lowest BCUT2D eigenvalue weighted by molar-refractivity contribution is -0.123. The van der Waals surface area contributed by atoms with E-state index in [1.807, 2.05) is 80.5 Å². The molecular formula is C31H53N5O2. The molecule has 0 aromatic heterocycles. The predicted molar refractivity (Wildman–Crippen MR) is 166 cm³/mol. The summed E-state index contributed by atoms with van der Waals surface area (Å²) in [7, 11) is 0. The summed E-state index contributed by atoms with van der Waals surface area (Å²) < 4.78 is 0. The molecule has 1 heterocycles. The van der Waals surface area contributed by atoms with Gasteiger partial charge in [0.2, 0.25) is 5.91 Å². The third-order valence-electron chi connectivity index (χ3n) is 4.86. The molecule has 0 radical (unpaired) electrons. The number of piperidine rings is 1. The van der Waals surface area contributed by atoms with Crippen LogP contribution < -0.4 is 16.8 Å². The second-order valence-electron chi connectivity index (χ2n) is 8.41. The zero-order chi connectivity index (χ0) is 30.3. The molecule has 2 rings (SSSR count). The summed E-state index contributed by atoms with van der Waals surface area (Å²) in [6, 6.07) is 5.86. The Balaban J connectivity index is -0.000000543. The van der Waals surface area contributed by atoms with Crippen molar-refractivity contribution in [2.24, 2.45) is 22.4 Å². The Bertz CT molecular complexity index is 928. The zero-order valence-electron chi connectivity index (χ0n) is 25.4. The maximum atomic E-state index is 12.5. The van der Waals surface area contributed by atoms with Gasteiger partial charge >= 0.3 is 0 Å². The van der Waals surface area contributed by atoms with Crippen LogP contribution in [0.15, 0.2) is 71.8 Å². The summed E-state index contributed by atoms with van der Waals surface area (Å²) in [5.74, 6) is 0.163. The molecule has 7 nitrogen and oxygen atoms in total. The van der Waals surface area contributed by atoms with Crippen LogP contribution in [0, 0.1) is 19.8 Å². The Labute approximate surface area is 232 Å². The number of hydrogen-bond acceptors (Lipinski definition) is 5. The highest BCUT2D eigenvalue weighted by molar-refractivity contribution is 5.96. The topological polar surface area (TPSA) is 114 Å². The van der Waals surface area contributed by atoms with Gasteiger partial charge in [0.25, 0.3) is 5.91 Å². The standard InChI is InChI=1S/C15H20N2O2.C8H12N2.C4H9N.2C2H6/c1-10-5-6-11(2)13(8-10)15(19)17-7-3-4-12(9-17)14(16)18;1-5-6-8(9-4)10-7(2)3;1-4(2)3-5;2*1-2/h5-6,8,12H,3-4,7,9H2,1-2H3,(H2,16,18);5-6,10H,1-2,4H2,3H3;3H,5H2,1-2H3;2*1-2H3/b;8-6+;;;. The average molecular weight is 528 g/mol.